The number of carbonyl (C=O) groups excluding carboxylic acids is 1. The Balaban J connectivity index is 1.65. The Hall–Kier alpha value is -3.35. The fourth-order valence-corrected chi connectivity index (χ4v) is 1.78. The molecule has 0 radical (unpaired) electrons. The van der Waals surface area contributed by atoms with Crippen molar-refractivity contribution < 1.29 is 9.53 Å². The molecule has 110 valence electrons. The zero-order valence-corrected chi connectivity index (χ0v) is 11.5. The van der Waals surface area contributed by atoms with Gasteiger partial charge in [-0.25, -0.2) is 9.78 Å². The van der Waals surface area contributed by atoms with Crippen LogP contribution in [0.1, 0.15) is 0 Å². The molecule has 3 N–H and O–H groups in total. The van der Waals surface area contributed by atoms with E-state index in [0.717, 1.165) is 0 Å². The van der Waals surface area contributed by atoms with Gasteiger partial charge in [-0.2, -0.15) is 5.10 Å². The van der Waals surface area contributed by atoms with E-state index in [1.54, 1.807) is 42.7 Å². The van der Waals surface area contributed by atoms with Gasteiger partial charge in [-0.1, -0.05) is 12.1 Å². The van der Waals surface area contributed by atoms with Crippen LogP contribution in [0.4, 0.5) is 16.2 Å². The molecule has 2 aromatic heterocycles. The summed E-state index contributed by atoms with van der Waals surface area (Å²) in [5, 5.41) is 11.7. The molecule has 0 spiro atoms. The Morgan fingerprint density at radius 1 is 1.09 bits per heavy atom. The lowest BCUT2D eigenvalue weighted by Crippen LogP contribution is -2.18. The summed E-state index contributed by atoms with van der Waals surface area (Å²) >= 11 is 0. The fraction of sp³-hybridized carbons (Fsp3) is 0. The summed E-state index contributed by atoms with van der Waals surface area (Å²) in [6.45, 7) is 0. The van der Waals surface area contributed by atoms with Crippen LogP contribution in [-0.4, -0.2) is 21.2 Å². The first-order valence-electron chi connectivity index (χ1n) is 6.55. The molecule has 2 heterocycles. The van der Waals surface area contributed by atoms with Crippen LogP contribution in [-0.2, 0) is 0 Å². The van der Waals surface area contributed by atoms with Crippen molar-refractivity contribution in [2.75, 3.05) is 10.6 Å². The zero-order chi connectivity index (χ0) is 15.2. The van der Waals surface area contributed by atoms with Crippen LogP contribution in [0.25, 0.3) is 0 Å². The van der Waals surface area contributed by atoms with E-state index in [9.17, 15) is 4.79 Å². The smallest absolute Gasteiger partial charge is 0.323 e. The van der Waals surface area contributed by atoms with Gasteiger partial charge in [-0.15, -0.1) is 0 Å². The van der Waals surface area contributed by atoms with Crippen molar-refractivity contribution in [3.8, 4) is 11.6 Å². The molecule has 0 aliphatic carbocycles. The molecule has 2 amide bonds. The standard InChI is InChI=1S/C15H13N5O2/c21-15(20-12-9-17-18-10-12)19-11-4-3-5-13(8-11)22-14-6-1-2-7-16-14/h1-10H,(H,17,18)(H2,19,20,21). The zero-order valence-electron chi connectivity index (χ0n) is 11.5. The van der Waals surface area contributed by atoms with E-state index < -0.39 is 0 Å². The van der Waals surface area contributed by atoms with Crippen LogP contribution in [0.5, 0.6) is 11.6 Å². The van der Waals surface area contributed by atoms with Crippen LogP contribution in [0.2, 0.25) is 0 Å². The van der Waals surface area contributed by atoms with Gasteiger partial charge in [0.2, 0.25) is 5.88 Å². The molecule has 3 rings (SSSR count). The number of pyridine rings is 1. The Labute approximate surface area is 126 Å². The Morgan fingerprint density at radius 2 is 2.00 bits per heavy atom. The van der Waals surface area contributed by atoms with E-state index in [1.165, 1.54) is 6.20 Å². The first kappa shape index (κ1) is 13.6. The summed E-state index contributed by atoms with van der Waals surface area (Å²) in [6, 6.07) is 12.1. The number of anilines is 2. The maximum absolute atomic E-state index is 11.8. The molecule has 1 aromatic carbocycles. The topological polar surface area (TPSA) is 91.9 Å². The van der Waals surface area contributed by atoms with E-state index in [2.05, 4.69) is 25.8 Å². The second-order valence-corrected chi connectivity index (χ2v) is 4.36. The lowest BCUT2D eigenvalue weighted by atomic mass is 10.3. The number of amides is 2. The van der Waals surface area contributed by atoms with Crippen molar-refractivity contribution in [1.29, 1.82) is 0 Å². The molecule has 7 heteroatoms. The number of urea groups is 1. The van der Waals surface area contributed by atoms with Crippen molar-refractivity contribution >= 4 is 17.4 Å². The van der Waals surface area contributed by atoms with Gasteiger partial charge in [0.25, 0.3) is 0 Å². The average molecular weight is 295 g/mol. The number of nitrogens with zero attached hydrogens (tertiary/aromatic N) is 2. The molecule has 0 unspecified atom stereocenters. The monoisotopic (exact) mass is 295 g/mol. The number of benzene rings is 1. The van der Waals surface area contributed by atoms with E-state index in [4.69, 9.17) is 4.74 Å². The Morgan fingerprint density at radius 3 is 2.77 bits per heavy atom. The van der Waals surface area contributed by atoms with E-state index >= 15 is 0 Å². The molecule has 22 heavy (non-hydrogen) atoms. The summed E-state index contributed by atoms with van der Waals surface area (Å²) < 4.78 is 5.61. The Bertz CT molecular complexity index is 744. The molecule has 7 nitrogen and oxygen atoms in total. The molecule has 3 aromatic rings. The first-order chi connectivity index (χ1) is 10.8. The van der Waals surface area contributed by atoms with Crippen molar-refractivity contribution in [2.45, 2.75) is 0 Å². The number of carbonyl (C=O) groups is 1. The van der Waals surface area contributed by atoms with Gasteiger partial charge >= 0.3 is 6.03 Å². The van der Waals surface area contributed by atoms with Crippen molar-refractivity contribution in [2.24, 2.45) is 0 Å². The molecule has 0 atom stereocenters. The van der Waals surface area contributed by atoms with Gasteiger partial charge in [-0.05, 0) is 18.2 Å². The highest BCUT2D eigenvalue weighted by atomic mass is 16.5. The van der Waals surface area contributed by atoms with Crippen molar-refractivity contribution in [3.63, 3.8) is 0 Å². The van der Waals surface area contributed by atoms with Crippen LogP contribution in [0.15, 0.2) is 61.1 Å². The number of ether oxygens (including phenoxy) is 1. The third-order valence-electron chi connectivity index (χ3n) is 2.71. The molecule has 0 aliphatic heterocycles. The third-order valence-corrected chi connectivity index (χ3v) is 2.71. The summed E-state index contributed by atoms with van der Waals surface area (Å²) in [7, 11) is 0. The number of nitrogens with one attached hydrogen (secondary N) is 3. The number of H-pyrrole nitrogens is 1. The van der Waals surface area contributed by atoms with E-state index in [0.29, 0.717) is 23.0 Å². The summed E-state index contributed by atoms with van der Waals surface area (Å²) in [6.07, 6.45) is 4.75. The predicted octanol–water partition coefficient (Wildman–Crippen LogP) is 3.24. The lowest BCUT2D eigenvalue weighted by Gasteiger charge is -2.08. The normalized spacial score (nSPS) is 10.0. The van der Waals surface area contributed by atoms with Gasteiger partial charge in [0.15, 0.2) is 0 Å². The molecule has 0 fully saturated rings. The van der Waals surface area contributed by atoms with Gasteiger partial charge in [-0.3, -0.25) is 5.10 Å². The second-order valence-electron chi connectivity index (χ2n) is 4.36. The number of hydrogen-bond donors (Lipinski definition) is 3. The molecular formula is C15H13N5O2. The minimum Gasteiger partial charge on any atom is -0.439 e. The van der Waals surface area contributed by atoms with Gasteiger partial charge in [0.05, 0.1) is 11.9 Å². The van der Waals surface area contributed by atoms with Crippen LogP contribution < -0.4 is 15.4 Å². The maximum Gasteiger partial charge on any atom is 0.323 e. The predicted molar refractivity (Wildman–Crippen MR) is 82.0 cm³/mol. The molecule has 0 saturated carbocycles. The highest BCUT2D eigenvalue weighted by Gasteiger charge is 2.05. The number of aromatic nitrogens is 3. The molecule has 0 bridgehead atoms. The van der Waals surface area contributed by atoms with Gasteiger partial charge < -0.3 is 15.4 Å². The third kappa shape index (κ3) is 3.60. The highest BCUT2D eigenvalue weighted by Crippen LogP contribution is 2.22. The maximum atomic E-state index is 11.8. The first-order valence-corrected chi connectivity index (χ1v) is 6.55. The largest absolute Gasteiger partial charge is 0.439 e. The SMILES string of the molecule is O=C(Nc1cn[nH]c1)Nc1cccc(Oc2ccccn2)c1. The lowest BCUT2D eigenvalue weighted by molar-refractivity contribution is 0.262. The number of hydrogen-bond acceptors (Lipinski definition) is 4. The summed E-state index contributed by atoms with van der Waals surface area (Å²) in [4.78, 5) is 15.9. The minimum atomic E-state index is -0.364. The minimum absolute atomic E-state index is 0.364. The van der Waals surface area contributed by atoms with Crippen LogP contribution >= 0.6 is 0 Å². The average Bonchev–Trinajstić information content (AvgIpc) is 3.01. The highest BCUT2D eigenvalue weighted by molar-refractivity contribution is 5.99. The van der Waals surface area contributed by atoms with Crippen molar-refractivity contribution in [3.05, 3.63) is 61.1 Å². The molecular weight excluding hydrogens is 282 g/mol. The van der Waals surface area contributed by atoms with Crippen LogP contribution in [0.3, 0.4) is 0 Å². The number of rotatable bonds is 4. The van der Waals surface area contributed by atoms with Gasteiger partial charge in [0, 0.05) is 30.2 Å². The molecule has 0 aliphatic rings. The van der Waals surface area contributed by atoms with Crippen molar-refractivity contribution in [1.82, 2.24) is 15.2 Å². The second kappa shape index (κ2) is 6.40. The van der Waals surface area contributed by atoms with E-state index in [-0.39, 0.29) is 6.03 Å². The van der Waals surface area contributed by atoms with Crippen LogP contribution in [0, 0.1) is 0 Å². The fourth-order valence-electron chi connectivity index (χ4n) is 1.78. The number of aromatic amines is 1. The summed E-state index contributed by atoms with van der Waals surface area (Å²) in [5.41, 5.74) is 1.19. The quantitative estimate of drug-likeness (QED) is 0.689. The van der Waals surface area contributed by atoms with E-state index in [1.807, 2.05) is 12.1 Å². The molecule has 0 saturated heterocycles. The summed E-state index contributed by atoms with van der Waals surface area (Å²) in [5.74, 6) is 1.07. The Kier molecular flexibility index (Phi) is 3.96. The van der Waals surface area contributed by atoms with Gasteiger partial charge in [0.1, 0.15) is 5.75 Å².